The molecule has 0 unspecified atom stereocenters. The Bertz CT molecular complexity index is 213. The van der Waals surface area contributed by atoms with E-state index in [0.29, 0.717) is 0 Å². The van der Waals surface area contributed by atoms with Crippen LogP contribution >= 0.6 is 0 Å². The largest absolute Gasteiger partial charge is 3.00 e. The van der Waals surface area contributed by atoms with Crippen molar-refractivity contribution in [2.75, 3.05) is 0 Å². The molecule has 0 aromatic carbocycles. The molecule has 8 nitrogen and oxygen atoms in total. The van der Waals surface area contributed by atoms with Crippen molar-refractivity contribution >= 4 is 20.8 Å². The Hall–Kier alpha value is 2.09. The maximum atomic E-state index is 8.52. The maximum Gasteiger partial charge on any atom is 3.00 e. The molecular formula is NaNdO8S2. The molecule has 1 radical (unpaired) electrons. The summed E-state index contributed by atoms with van der Waals surface area (Å²) in [6.45, 7) is 0. The summed E-state index contributed by atoms with van der Waals surface area (Å²) in [6.07, 6.45) is 0. The van der Waals surface area contributed by atoms with Gasteiger partial charge in [0.25, 0.3) is 0 Å². The van der Waals surface area contributed by atoms with Gasteiger partial charge in [-0.25, -0.2) is 0 Å². The summed E-state index contributed by atoms with van der Waals surface area (Å²) in [7, 11) is -10.3. The molecule has 0 aliphatic carbocycles. The second-order valence-electron chi connectivity index (χ2n) is 0.816. The third-order valence-corrected chi connectivity index (χ3v) is 0. The Morgan fingerprint density at radius 1 is 0.667 bits per heavy atom. The molecule has 0 heterocycles. The summed E-state index contributed by atoms with van der Waals surface area (Å²) in [5.41, 5.74) is 0. The monoisotopic (exact) mass is 357 g/mol. The predicted molar refractivity (Wildman–Crippen MR) is 20.9 cm³/mol. The van der Waals surface area contributed by atoms with Gasteiger partial charge in [0.2, 0.25) is 0 Å². The fourth-order valence-corrected chi connectivity index (χ4v) is 0. The molecule has 0 spiro atoms. The predicted octanol–water partition coefficient (Wildman–Crippen LogP) is -5.67. The number of rotatable bonds is 0. The summed E-state index contributed by atoms with van der Waals surface area (Å²) in [5.74, 6) is 0. The first-order chi connectivity index (χ1) is 4.00. The molecule has 0 amide bonds. The van der Waals surface area contributed by atoms with Gasteiger partial charge in [0.15, 0.2) is 0 Å². The molecule has 0 N–H and O–H groups in total. The average molecular weight is 359 g/mol. The summed E-state index contributed by atoms with van der Waals surface area (Å²) in [4.78, 5) is 0. The molecule has 0 aliphatic rings. The van der Waals surface area contributed by atoms with Crippen LogP contribution < -0.4 is 29.6 Å². The van der Waals surface area contributed by atoms with Crippen LogP contribution in [0.3, 0.4) is 0 Å². The van der Waals surface area contributed by atoms with E-state index in [0.717, 1.165) is 0 Å². The topological polar surface area (TPSA) is 161 Å². The van der Waals surface area contributed by atoms with Crippen LogP contribution in [0.4, 0.5) is 0 Å². The van der Waals surface area contributed by atoms with E-state index in [4.69, 9.17) is 35.0 Å². The molecule has 0 saturated heterocycles. The first-order valence-electron chi connectivity index (χ1n) is 1.33. The van der Waals surface area contributed by atoms with Gasteiger partial charge in [-0.1, -0.05) is 0 Å². The molecule has 0 rings (SSSR count). The van der Waals surface area contributed by atoms with Crippen LogP contribution in [0.25, 0.3) is 0 Å². The van der Waals surface area contributed by atoms with Crippen LogP contribution in [0.5, 0.6) is 0 Å². The minimum atomic E-state index is -5.17. The Labute approximate surface area is 124 Å². The van der Waals surface area contributed by atoms with Crippen LogP contribution in [-0.4, -0.2) is 35.0 Å². The van der Waals surface area contributed by atoms with Gasteiger partial charge >= 0.3 is 70.4 Å². The smallest absolute Gasteiger partial charge is 0.759 e. The van der Waals surface area contributed by atoms with E-state index < -0.39 is 20.8 Å². The first kappa shape index (κ1) is 23.7. The first-order valence-corrected chi connectivity index (χ1v) is 4.00. The van der Waals surface area contributed by atoms with Gasteiger partial charge in [-0.15, -0.1) is 0 Å². The van der Waals surface area contributed by atoms with Gasteiger partial charge in [-0.3, -0.25) is 16.8 Å². The molecule has 0 aromatic rings. The molecule has 0 fully saturated rings. The van der Waals surface area contributed by atoms with E-state index in [1.54, 1.807) is 0 Å². The molecule has 65 valence electrons. The van der Waals surface area contributed by atoms with Crippen LogP contribution in [-0.2, 0) is 20.8 Å². The van der Waals surface area contributed by atoms with Crippen molar-refractivity contribution in [1.29, 1.82) is 0 Å². The third kappa shape index (κ3) is 340. The maximum absolute atomic E-state index is 8.52. The summed E-state index contributed by atoms with van der Waals surface area (Å²) in [5, 5.41) is 0. The number of hydrogen-bond acceptors (Lipinski definition) is 8. The van der Waals surface area contributed by atoms with Crippen LogP contribution in [0.2, 0.25) is 0 Å². The molecule has 12 heavy (non-hydrogen) atoms. The summed E-state index contributed by atoms with van der Waals surface area (Å²) >= 11 is 0. The van der Waals surface area contributed by atoms with E-state index in [9.17, 15) is 0 Å². The zero-order valence-electron chi connectivity index (χ0n) is 5.58. The zero-order chi connectivity index (χ0) is 9.00. The van der Waals surface area contributed by atoms with E-state index in [-0.39, 0.29) is 70.4 Å². The fourth-order valence-electron chi connectivity index (χ4n) is 0. The van der Waals surface area contributed by atoms with Crippen molar-refractivity contribution in [2.24, 2.45) is 0 Å². The third-order valence-electron chi connectivity index (χ3n) is 0. The van der Waals surface area contributed by atoms with Crippen molar-refractivity contribution < 1.29 is 105 Å². The summed E-state index contributed by atoms with van der Waals surface area (Å²) < 4.78 is 68.2. The molecular weight excluding hydrogens is 359 g/mol. The minimum absolute atomic E-state index is 0. The van der Waals surface area contributed by atoms with Crippen molar-refractivity contribution in [3.8, 4) is 0 Å². The molecule has 0 atom stereocenters. The Balaban J connectivity index is -0.0000000457. The molecule has 0 saturated carbocycles. The van der Waals surface area contributed by atoms with E-state index in [2.05, 4.69) is 0 Å². The van der Waals surface area contributed by atoms with Crippen molar-refractivity contribution in [1.82, 2.24) is 0 Å². The Morgan fingerprint density at radius 3 is 0.667 bits per heavy atom. The van der Waals surface area contributed by atoms with Crippen molar-refractivity contribution in [2.45, 2.75) is 0 Å². The molecule has 0 bridgehead atoms. The Kier molecular flexibility index (Phi) is 19.0. The second kappa shape index (κ2) is 9.64. The van der Waals surface area contributed by atoms with Crippen molar-refractivity contribution in [3.63, 3.8) is 0 Å². The van der Waals surface area contributed by atoms with E-state index in [1.807, 2.05) is 0 Å². The quantitative estimate of drug-likeness (QED) is 0.235. The van der Waals surface area contributed by atoms with Crippen molar-refractivity contribution in [3.05, 3.63) is 0 Å². The number of hydrogen-bond donors (Lipinski definition) is 0. The van der Waals surface area contributed by atoms with Gasteiger partial charge in [0.05, 0.1) is 0 Å². The van der Waals surface area contributed by atoms with Gasteiger partial charge in [0.1, 0.15) is 0 Å². The van der Waals surface area contributed by atoms with Gasteiger partial charge < -0.3 is 18.2 Å². The SMILES string of the molecule is O=S(=O)([O-])[O-].O=S(=O)([O-])[O-].[Na+].[Nd+3]. The van der Waals surface area contributed by atoms with Crippen LogP contribution in [0.1, 0.15) is 0 Å². The summed E-state index contributed by atoms with van der Waals surface area (Å²) in [6, 6.07) is 0. The standard InChI is InChI=1S/Na.Nd.2H2O4S/c;;2*1-5(2,3)4/h;;2*(H2,1,2,3,4)/q+1;+3;;/p-4. The zero-order valence-corrected chi connectivity index (χ0v) is 12.4. The van der Waals surface area contributed by atoms with Gasteiger partial charge in [-0.05, 0) is 0 Å². The van der Waals surface area contributed by atoms with Gasteiger partial charge in [-0.2, -0.15) is 0 Å². The van der Waals surface area contributed by atoms with E-state index in [1.165, 1.54) is 0 Å². The Morgan fingerprint density at radius 2 is 0.667 bits per heavy atom. The fraction of sp³-hybridized carbons (Fsp3) is 0. The molecule has 0 aliphatic heterocycles. The minimum Gasteiger partial charge on any atom is -0.759 e. The van der Waals surface area contributed by atoms with Crippen LogP contribution in [0, 0.1) is 40.8 Å². The molecule has 12 heteroatoms. The van der Waals surface area contributed by atoms with Gasteiger partial charge in [0, 0.05) is 20.8 Å². The van der Waals surface area contributed by atoms with Crippen LogP contribution in [0.15, 0.2) is 0 Å². The average Bonchev–Trinajstić information content (AvgIpc) is 1.12. The van der Waals surface area contributed by atoms with E-state index >= 15 is 0 Å². The second-order valence-corrected chi connectivity index (χ2v) is 2.45. The normalized spacial score (nSPS) is 9.67. The molecule has 0 aromatic heterocycles.